The molecule has 29 heavy (non-hydrogen) atoms. The molecule has 4 rings (SSSR count). The van der Waals surface area contributed by atoms with Gasteiger partial charge in [0.15, 0.2) is 0 Å². The smallest absolute Gasteiger partial charge is 0.328 e. The van der Waals surface area contributed by atoms with Crippen LogP contribution < -0.4 is 16.1 Å². The lowest BCUT2D eigenvalue weighted by Crippen LogP contribution is -2.51. The lowest BCUT2D eigenvalue weighted by atomic mass is 10.2. The van der Waals surface area contributed by atoms with Crippen LogP contribution >= 0.6 is 0 Å². The molecule has 2 aliphatic rings. The van der Waals surface area contributed by atoms with Gasteiger partial charge in [-0.2, -0.15) is 0 Å². The summed E-state index contributed by atoms with van der Waals surface area (Å²) in [4.78, 5) is 44.1. The van der Waals surface area contributed by atoms with Gasteiger partial charge in [-0.25, -0.2) is 4.79 Å². The Bertz CT molecular complexity index is 983. The van der Waals surface area contributed by atoms with Crippen LogP contribution in [0, 0.1) is 0 Å². The molecule has 1 aromatic carbocycles. The number of nitrogens with zero attached hydrogens (tertiary/aromatic N) is 3. The molecule has 9 heteroatoms. The molecule has 2 fully saturated rings. The number of aromatic nitrogens is 2. The number of hydrogen-bond donors (Lipinski definition) is 2. The molecule has 1 amide bonds. The molecule has 0 aliphatic carbocycles. The van der Waals surface area contributed by atoms with E-state index in [-0.39, 0.29) is 29.9 Å². The van der Waals surface area contributed by atoms with E-state index < -0.39 is 11.2 Å². The summed E-state index contributed by atoms with van der Waals surface area (Å²) in [7, 11) is 0. The second-order valence-electron chi connectivity index (χ2n) is 7.35. The monoisotopic (exact) mass is 400 g/mol. The van der Waals surface area contributed by atoms with Crippen molar-refractivity contribution in [3.63, 3.8) is 0 Å². The van der Waals surface area contributed by atoms with Crippen molar-refractivity contribution in [3.05, 3.63) is 56.9 Å². The van der Waals surface area contributed by atoms with Crippen LogP contribution in [0.15, 0.2) is 40.1 Å². The summed E-state index contributed by atoms with van der Waals surface area (Å²) in [6.45, 7) is 2.94. The summed E-state index contributed by atoms with van der Waals surface area (Å²) in [6, 6.07) is 6.92. The topological polar surface area (TPSA) is 108 Å². The van der Waals surface area contributed by atoms with Crippen LogP contribution in [-0.4, -0.2) is 64.4 Å². The van der Waals surface area contributed by atoms with Crippen LogP contribution in [0.3, 0.4) is 0 Å². The van der Waals surface area contributed by atoms with Gasteiger partial charge in [-0.3, -0.25) is 14.2 Å². The van der Waals surface area contributed by atoms with Gasteiger partial charge in [0.05, 0.1) is 12.6 Å². The zero-order valence-electron chi connectivity index (χ0n) is 16.0. The van der Waals surface area contributed by atoms with Crippen molar-refractivity contribution in [3.8, 4) is 5.75 Å². The molecule has 0 spiro atoms. The molecule has 9 nitrogen and oxygen atoms in total. The van der Waals surface area contributed by atoms with E-state index in [4.69, 9.17) is 4.74 Å². The third-order valence-corrected chi connectivity index (χ3v) is 5.48. The highest BCUT2D eigenvalue weighted by molar-refractivity contribution is 5.93. The third kappa shape index (κ3) is 4.04. The number of nitrogens with one attached hydrogen (secondary N) is 1. The second kappa shape index (κ2) is 8.12. The first-order valence-corrected chi connectivity index (χ1v) is 9.80. The van der Waals surface area contributed by atoms with Gasteiger partial charge in [0.2, 0.25) is 0 Å². The van der Waals surface area contributed by atoms with Gasteiger partial charge in [0, 0.05) is 44.7 Å². The number of H-pyrrole nitrogens is 1. The predicted molar refractivity (Wildman–Crippen MR) is 107 cm³/mol. The van der Waals surface area contributed by atoms with Gasteiger partial charge in [0.25, 0.3) is 11.5 Å². The number of benzene rings is 1. The minimum atomic E-state index is -0.574. The van der Waals surface area contributed by atoms with Crippen LogP contribution in [0.2, 0.25) is 0 Å². The molecular formula is C20H24N4O5. The van der Waals surface area contributed by atoms with Crippen LogP contribution in [0.5, 0.6) is 5.75 Å². The van der Waals surface area contributed by atoms with Crippen LogP contribution in [-0.2, 0) is 11.3 Å². The first-order chi connectivity index (χ1) is 14.0. The van der Waals surface area contributed by atoms with Crippen molar-refractivity contribution in [2.45, 2.75) is 25.5 Å². The number of piperazine rings is 1. The molecule has 2 saturated heterocycles. The second-order valence-corrected chi connectivity index (χ2v) is 7.35. The minimum Gasteiger partial charge on any atom is -0.508 e. The van der Waals surface area contributed by atoms with E-state index in [0.29, 0.717) is 32.8 Å². The maximum atomic E-state index is 12.9. The van der Waals surface area contributed by atoms with Crippen molar-refractivity contribution >= 4 is 11.6 Å². The van der Waals surface area contributed by atoms with E-state index in [1.165, 1.54) is 6.20 Å². The van der Waals surface area contributed by atoms with E-state index >= 15 is 0 Å². The average molecular weight is 400 g/mol. The number of anilines is 1. The van der Waals surface area contributed by atoms with Crippen molar-refractivity contribution in [1.82, 2.24) is 14.5 Å². The Hall–Kier alpha value is -3.07. The summed E-state index contributed by atoms with van der Waals surface area (Å²) in [5.74, 6) is -0.169. The fraction of sp³-hybridized carbons (Fsp3) is 0.450. The fourth-order valence-electron chi connectivity index (χ4n) is 3.82. The van der Waals surface area contributed by atoms with Crippen molar-refractivity contribution in [2.75, 3.05) is 37.7 Å². The zero-order chi connectivity index (χ0) is 20.4. The predicted octanol–water partition coefficient (Wildman–Crippen LogP) is 0.384. The number of hydrogen-bond acceptors (Lipinski definition) is 6. The molecule has 2 N–H and O–H groups in total. The van der Waals surface area contributed by atoms with E-state index in [0.717, 1.165) is 23.1 Å². The third-order valence-electron chi connectivity index (χ3n) is 5.48. The summed E-state index contributed by atoms with van der Waals surface area (Å²) in [5, 5.41) is 9.42. The molecule has 1 atom stereocenters. The van der Waals surface area contributed by atoms with Gasteiger partial charge >= 0.3 is 5.69 Å². The van der Waals surface area contributed by atoms with Gasteiger partial charge in [-0.1, -0.05) is 0 Å². The zero-order valence-corrected chi connectivity index (χ0v) is 16.0. The summed E-state index contributed by atoms with van der Waals surface area (Å²) in [6.07, 6.45) is 2.74. The van der Waals surface area contributed by atoms with Crippen molar-refractivity contribution in [1.29, 1.82) is 0 Å². The van der Waals surface area contributed by atoms with E-state index in [1.54, 1.807) is 17.0 Å². The van der Waals surface area contributed by atoms with Crippen LogP contribution in [0.4, 0.5) is 5.69 Å². The summed E-state index contributed by atoms with van der Waals surface area (Å²) in [5.41, 5.74) is -0.159. The first kappa shape index (κ1) is 19.3. The van der Waals surface area contributed by atoms with Crippen LogP contribution in [0.1, 0.15) is 23.2 Å². The van der Waals surface area contributed by atoms with Crippen molar-refractivity contribution in [2.24, 2.45) is 0 Å². The Balaban J connectivity index is 1.46. The molecule has 0 bridgehead atoms. The largest absolute Gasteiger partial charge is 0.508 e. The van der Waals surface area contributed by atoms with E-state index in [2.05, 4.69) is 9.88 Å². The molecule has 1 aromatic heterocycles. The van der Waals surface area contributed by atoms with E-state index in [1.807, 2.05) is 12.1 Å². The molecular weight excluding hydrogens is 376 g/mol. The highest BCUT2D eigenvalue weighted by Gasteiger charge is 2.26. The molecule has 0 saturated carbocycles. The van der Waals surface area contributed by atoms with Gasteiger partial charge in [0.1, 0.15) is 11.3 Å². The summed E-state index contributed by atoms with van der Waals surface area (Å²) >= 11 is 0. The normalized spacial score (nSPS) is 19.5. The average Bonchev–Trinajstić information content (AvgIpc) is 3.25. The molecule has 0 radical (unpaired) electrons. The lowest BCUT2D eigenvalue weighted by Gasteiger charge is -2.36. The lowest BCUT2D eigenvalue weighted by molar-refractivity contribution is 0.0739. The molecule has 1 unspecified atom stereocenters. The Labute approximate surface area is 167 Å². The Morgan fingerprint density at radius 3 is 2.52 bits per heavy atom. The number of phenols is 1. The quantitative estimate of drug-likeness (QED) is 0.769. The van der Waals surface area contributed by atoms with Gasteiger partial charge in [-0.15, -0.1) is 0 Å². The Morgan fingerprint density at radius 2 is 1.86 bits per heavy atom. The number of aromatic amines is 1. The molecule has 2 aromatic rings. The highest BCUT2D eigenvalue weighted by atomic mass is 16.5. The number of carbonyl (C=O) groups is 1. The van der Waals surface area contributed by atoms with Gasteiger partial charge < -0.3 is 24.6 Å². The number of carbonyl (C=O) groups excluding carboxylic acids is 1. The number of ether oxygens (including phenoxy) is 1. The van der Waals surface area contributed by atoms with Crippen LogP contribution in [0.25, 0.3) is 0 Å². The van der Waals surface area contributed by atoms with E-state index in [9.17, 15) is 19.5 Å². The number of aromatic hydroxyl groups is 1. The Kier molecular flexibility index (Phi) is 5.39. The summed E-state index contributed by atoms with van der Waals surface area (Å²) < 4.78 is 6.58. The highest BCUT2D eigenvalue weighted by Crippen LogP contribution is 2.20. The SMILES string of the molecule is O=C(c1c[nH]c(=O)n(CC2CCCO2)c1=O)N1CCN(c2ccc(O)cc2)CC1. The minimum absolute atomic E-state index is 0.0271. The number of amides is 1. The molecule has 2 aliphatic heterocycles. The maximum Gasteiger partial charge on any atom is 0.328 e. The van der Waals surface area contributed by atoms with Crippen molar-refractivity contribution < 1.29 is 14.6 Å². The maximum absolute atomic E-state index is 12.9. The Morgan fingerprint density at radius 1 is 1.14 bits per heavy atom. The fourth-order valence-corrected chi connectivity index (χ4v) is 3.82. The molecule has 3 heterocycles. The standard InChI is InChI=1S/C20H24N4O5/c25-15-5-3-14(4-6-15)22-7-9-23(10-8-22)18(26)17-12-21-20(28)24(19(17)27)13-16-2-1-11-29-16/h3-6,12,16,25H,1-2,7-11,13H2,(H,21,28). The molecule has 154 valence electrons. The number of phenolic OH excluding ortho intramolecular Hbond substituents is 1. The first-order valence-electron chi connectivity index (χ1n) is 9.80. The van der Waals surface area contributed by atoms with Gasteiger partial charge in [-0.05, 0) is 37.1 Å². The number of rotatable bonds is 4.